The van der Waals surface area contributed by atoms with Gasteiger partial charge in [-0.1, -0.05) is 0 Å². The van der Waals surface area contributed by atoms with Gasteiger partial charge in [0.2, 0.25) is 0 Å². The average Bonchev–Trinajstić information content (AvgIpc) is 3.04. The van der Waals surface area contributed by atoms with Gasteiger partial charge in [-0.3, -0.25) is 0 Å². The Morgan fingerprint density at radius 1 is 1.25 bits per heavy atom. The lowest BCUT2D eigenvalue weighted by atomic mass is 9.86. The van der Waals surface area contributed by atoms with Gasteiger partial charge in [0, 0.05) is 31.0 Å². The zero-order valence-electron chi connectivity index (χ0n) is 17.0. The van der Waals surface area contributed by atoms with E-state index >= 15 is 0 Å². The van der Waals surface area contributed by atoms with Gasteiger partial charge >= 0.3 is 6.09 Å². The largest absolute Gasteiger partial charge is 0.444 e. The summed E-state index contributed by atoms with van der Waals surface area (Å²) in [5, 5.41) is 3.64. The van der Waals surface area contributed by atoms with Crippen LogP contribution in [0.3, 0.4) is 0 Å². The molecule has 0 aliphatic carbocycles. The van der Waals surface area contributed by atoms with E-state index in [1.54, 1.807) is 12.4 Å². The van der Waals surface area contributed by atoms with Gasteiger partial charge < -0.3 is 15.0 Å². The van der Waals surface area contributed by atoms with Crippen LogP contribution < -0.4 is 5.32 Å². The Bertz CT molecular complexity index is 894. The van der Waals surface area contributed by atoms with Gasteiger partial charge in [-0.2, -0.15) is 0 Å². The Morgan fingerprint density at radius 2 is 2.00 bits per heavy atom. The molecule has 1 spiro atoms. The third kappa shape index (κ3) is 3.66. The van der Waals surface area contributed by atoms with Gasteiger partial charge in [0.05, 0.1) is 11.2 Å². The molecule has 148 valence electrons. The molecular formula is C21H27N5O2. The molecule has 1 atom stereocenters. The van der Waals surface area contributed by atoms with Crippen molar-refractivity contribution in [2.45, 2.75) is 58.1 Å². The highest BCUT2D eigenvalue weighted by Crippen LogP contribution is 2.38. The summed E-state index contributed by atoms with van der Waals surface area (Å²) in [6, 6.07) is 3.96. The van der Waals surface area contributed by atoms with E-state index in [0.717, 1.165) is 36.3 Å². The standard InChI is InChI=1S/C21H27N5O2/c1-14-16(18-22-9-5-10-23-18)12-15-6-7-21(25-17(15)24-14)8-11-26(13-21)19(27)28-20(2,3)4/h5,9-10,12H,6-8,11,13H2,1-4H3,(H,24,25)/t21-/m1/s1. The molecule has 2 aromatic heterocycles. The van der Waals surface area contributed by atoms with Gasteiger partial charge in [0.1, 0.15) is 11.4 Å². The normalized spacial score (nSPS) is 21.4. The van der Waals surface area contributed by atoms with Crippen LogP contribution in [-0.4, -0.2) is 50.2 Å². The first-order valence-corrected chi connectivity index (χ1v) is 9.79. The monoisotopic (exact) mass is 381 g/mol. The number of carbonyl (C=O) groups excluding carboxylic acids is 1. The van der Waals surface area contributed by atoms with E-state index in [-0.39, 0.29) is 11.6 Å². The molecule has 0 unspecified atom stereocenters. The van der Waals surface area contributed by atoms with E-state index in [9.17, 15) is 4.79 Å². The van der Waals surface area contributed by atoms with Crippen molar-refractivity contribution in [3.63, 3.8) is 0 Å². The number of amides is 1. The third-order valence-electron chi connectivity index (χ3n) is 5.36. The minimum absolute atomic E-state index is 0.131. The van der Waals surface area contributed by atoms with Crippen LogP contribution in [-0.2, 0) is 11.2 Å². The number of rotatable bonds is 1. The van der Waals surface area contributed by atoms with Crippen molar-refractivity contribution in [2.24, 2.45) is 0 Å². The van der Waals surface area contributed by atoms with Crippen molar-refractivity contribution in [1.29, 1.82) is 0 Å². The summed E-state index contributed by atoms with van der Waals surface area (Å²) in [7, 11) is 0. The number of anilines is 1. The molecular weight excluding hydrogens is 354 g/mol. The number of carbonyl (C=O) groups is 1. The minimum atomic E-state index is -0.478. The molecule has 0 saturated carbocycles. The summed E-state index contributed by atoms with van der Waals surface area (Å²) in [6.45, 7) is 9.01. The maximum Gasteiger partial charge on any atom is 0.410 e. The average molecular weight is 381 g/mol. The summed E-state index contributed by atoms with van der Waals surface area (Å²) < 4.78 is 5.54. The summed E-state index contributed by atoms with van der Waals surface area (Å²) in [4.78, 5) is 27.8. The number of ether oxygens (including phenoxy) is 1. The number of aryl methyl sites for hydroxylation is 2. The molecule has 0 bridgehead atoms. The zero-order chi connectivity index (χ0) is 19.9. The maximum atomic E-state index is 12.4. The number of aromatic nitrogens is 3. The van der Waals surface area contributed by atoms with Crippen LogP contribution in [0.1, 0.15) is 44.9 Å². The van der Waals surface area contributed by atoms with Gasteiger partial charge in [-0.25, -0.2) is 19.7 Å². The topological polar surface area (TPSA) is 80.2 Å². The van der Waals surface area contributed by atoms with Crippen LogP contribution in [0.5, 0.6) is 0 Å². The zero-order valence-corrected chi connectivity index (χ0v) is 17.0. The van der Waals surface area contributed by atoms with Crippen LogP contribution in [0, 0.1) is 6.92 Å². The summed E-state index contributed by atoms with van der Waals surface area (Å²) in [5.74, 6) is 1.61. The number of likely N-dealkylation sites (tertiary alicyclic amines) is 1. The maximum absolute atomic E-state index is 12.4. The molecule has 2 aliphatic heterocycles. The lowest BCUT2D eigenvalue weighted by Gasteiger charge is -2.36. The lowest BCUT2D eigenvalue weighted by molar-refractivity contribution is 0.0285. The van der Waals surface area contributed by atoms with E-state index < -0.39 is 5.60 Å². The van der Waals surface area contributed by atoms with Crippen molar-refractivity contribution in [3.8, 4) is 11.4 Å². The smallest absolute Gasteiger partial charge is 0.410 e. The van der Waals surface area contributed by atoms with Crippen LogP contribution in [0.4, 0.5) is 10.6 Å². The van der Waals surface area contributed by atoms with E-state index in [1.807, 2.05) is 38.7 Å². The second-order valence-corrected chi connectivity index (χ2v) is 8.76. The molecule has 28 heavy (non-hydrogen) atoms. The van der Waals surface area contributed by atoms with E-state index in [2.05, 4.69) is 21.4 Å². The van der Waals surface area contributed by atoms with Crippen molar-refractivity contribution < 1.29 is 9.53 Å². The molecule has 7 heteroatoms. The van der Waals surface area contributed by atoms with E-state index in [4.69, 9.17) is 9.72 Å². The minimum Gasteiger partial charge on any atom is -0.444 e. The first kappa shape index (κ1) is 18.7. The molecule has 2 aliphatic rings. The number of nitrogens with zero attached hydrogens (tertiary/aromatic N) is 4. The number of pyridine rings is 1. The van der Waals surface area contributed by atoms with Gasteiger partial charge in [-0.05, 0) is 64.7 Å². The SMILES string of the molecule is Cc1nc2c(cc1-c1ncccn1)CC[C@]1(CCN(C(=O)OC(C)(C)C)C1)N2. The quantitative estimate of drug-likeness (QED) is 0.813. The van der Waals surface area contributed by atoms with Crippen molar-refractivity contribution >= 4 is 11.9 Å². The van der Waals surface area contributed by atoms with E-state index in [0.29, 0.717) is 18.9 Å². The van der Waals surface area contributed by atoms with Crippen molar-refractivity contribution in [2.75, 3.05) is 18.4 Å². The fourth-order valence-electron chi connectivity index (χ4n) is 3.96. The third-order valence-corrected chi connectivity index (χ3v) is 5.36. The van der Waals surface area contributed by atoms with Gasteiger partial charge in [0.25, 0.3) is 0 Å². The summed E-state index contributed by atoms with van der Waals surface area (Å²) in [6.07, 6.45) is 6.03. The Hall–Kier alpha value is -2.70. The molecule has 4 heterocycles. The highest BCUT2D eigenvalue weighted by molar-refractivity contribution is 5.69. The van der Waals surface area contributed by atoms with Crippen molar-refractivity contribution in [1.82, 2.24) is 19.9 Å². The summed E-state index contributed by atoms with van der Waals surface area (Å²) in [5.41, 5.74) is 2.44. The number of hydrogen-bond donors (Lipinski definition) is 1. The van der Waals surface area contributed by atoms with Crippen LogP contribution in [0.2, 0.25) is 0 Å². The fraction of sp³-hybridized carbons (Fsp3) is 0.524. The predicted octanol–water partition coefficient (Wildman–Crippen LogP) is 3.58. The predicted molar refractivity (Wildman–Crippen MR) is 107 cm³/mol. The van der Waals surface area contributed by atoms with Crippen molar-refractivity contribution in [3.05, 3.63) is 35.8 Å². The molecule has 0 radical (unpaired) electrons. The van der Waals surface area contributed by atoms with Crippen LogP contribution in [0.15, 0.2) is 24.5 Å². The Kier molecular flexibility index (Phi) is 4.48. The highest BCUT2D eigenvalue weighted by atomic mass is 16.6. The molecule has 1 N–H and O–H groups in total. The second-order valence-electron chi connectivity index (χ2n) is 8.76. The molecule has 7 nitrogen and oxygen atoms in total. The number of fused-ring (bicyclic) bond motifs is 1. The first-order chi connectivity index (χ1) is 13.2. The van der Waals surface area contributed by atoms with Crippen LogP contribution >= 0.6 is 0 Å². The lowest BCUT2D eigenvalue weighted by Crippen LogP contribution is -2.46. The highest BCUT2D eigenvalue weighted by Gasteiger charge is 2.43. The molecule has 4 rings (SSSR count). The Labute approximate surface area is 165 Å². The Balaban J connectivity index is 1.53. The molecule has 2 aromatic rings. The molecule has 1 saturated heterocycles. The molecule has 0 aromatic carbocycles. The van der Waals surface area contributed by atoms with Crippen LogP contribution in [0.25, 0.3) is 11.4 Å². The second kappa shape index (κ2) is 6.72. The number of hydrogen-bond acceptors (Lipinski definition) is 6. The molecule has 1 amide bonds. The fourth-order valence-corrected chi connectivity index (χ4v) is 3.96. The number of nitrogens with one attached hydrogen (secondary N) is 1. The van der Waals surface area contributed by atoms with Gasteiger partial charge in [-0.15, -0.1) is 0 Å². The summed E-state index contributed by atoms with van der Waals surface area (Å²) >= 11 is 0. The Morgan fingerprint density at radius 3 is 2.71 bits per heavy atom. The molecule has 1 fully saturated rings. The van der Waals surface area contributed by atoms with Gasteiger partial charge in [0.15, 0.2) is 5.82 Å². The first-order valence-electron chi connectivity index (χ1n) is 9.79. The van der Waals surface area contributed by atoms with E-state index in [1.165, 1.54) is 5.56 Å².